The average molecular weight is 467 g/mol. The molecule has 1 heterocycles. The van der Waals surface area contributed by atoms with E-state index in [1.807, 2.05) is 0 Å². The highest BCUT2D eigenvalue weighted by Gasteiger charge is 2.35. The summed E-state index contributed by atoms with van der Waals surface area (Å²) < 4.78 is 10.5. The number of hydrogen-bond donors (Lipinski definition) is 2. The molecule has 2 unspecified atom stereocenters. The Hall–Kier alpha value is -2.48. The number of likely N-dealkylation sites (tertiary alicyclic amines) is 1. The van der Waals surface area contributed by atoms with Gasteiger partial charge in [-0.25, -0.2) is 0 Å². The number of carbonyl (C=O) groups excluding carboxylic acids is 2. The van der Waals surface area contributed by atoms with Gasteiger partial charge in [0.15, 0.2) is 0 Å². The van der Waals surface area contributed by atoms with Crippen LogP contribution in [0.1, 0.15) is 34.9 Å². The molecule has 31 heavy (non-hydrogen) atoms. The molecule has 2 amide bonds. The minimum atomic E-state index is -1.01. The minimum absolute atomic E-state index is 0.0428. The van der Waals surface area contributed by atoms with Crippen LogP contribution < -0.4 is 14.8 Å². The van der Waals surface area contributed by atoms with Crippen LogP contribution in [0.3, 0.4) is 0 Å². The van der Waals surface area contributed by atoms with Gasteiger partial charge in [-0.05, 0) is 49.2 Å². The molecule has 166 valence electrons. The molecular formula is C22H24Cl2N2O5. The van der Waals surface area contributed by atoms with Crippen molar-refractivity contribution in [2.75, 3.05) is 27.3 Å². The predicted octanol–water partition coefficient (Wildman–Crippen LogP) is 3.47. The number of benzene rings is 2. The standard InChI is InChI=1S/C22H24Cl2N2O5/c1-30-14-6-8-20(31-2)16(11-14)19(27)12-25-21(28)18-4-3-9-26(18)22(29)15-10-13(23)5-7-17(15)24/h5-8,10-11,18-19,27H,3-4,9,12H2,1-2H3,(H,25,28). The van der Waals surface area contributed by atoms with Gasteiger partial charge in [0.25, 0.3) is 5.91 Å². The number of amides is 2. The molecule has 2 atom stereocenters. The van der Waals surface area contributed by atoms with Crippen LogP contribution in [-0.4, -0.2) is 55.2 Å². The van der Waals surface area contributed by atoms with Gasteiger partial charge in [-0.2, -0.15) is 0 Å². The highest BCUT2D eigenvalue weighted by Crippen LogP contribution is 2.30. The van der Waals surface area contributed by atoms with E-state index in [4.69, 9.17) is 32.7 Å². The van der Waals surface area contributed by atoms with Crippen LogP contribution in [0.5, 0.6) is 11.5 Å². The highest BCUT2D eigenvalue weighted by molar-refractivity contribution is 6.35. The Bertz CT molecular complexity index is 969. The molecule has 1 aliphatic rings. The summed E-state index contributed by atoms with van der Waals surface area (Å²) >= 11 is 12.2. The molecule has 9 heteroatoms. The molecule has 0 bridgehead atoms. The first-order chi connectivity index (χ1) is 14.8. The van der Waals surface area contributed by atoms with E-state index in [0.717, 1.165) is 0 Å². The Kier molecular flexibility index (Phi) is 7.64. The number of aliphatic hydroxyl groups is 1. The summed E-state index contributed by atoms with van der Waals surface area (Å²) in [6.07, 6.45) is 0.199. The van der Waals surface area contributed by atoms with Crippen LogP contribution >= 0.6 is 23.2 Å². The molecule has 0 saturated carbocycles. The summed E-state index contributed by atoms with van der Waals surface area (Å²) in [6, 6.07) is 9.06. The third-order valence-electron chi connectivity index (χ3n) is 5.24. The first kappa shape index (κ1) is 23.2. The van der Waals surface area contributed by atoms with E-state index in [9.17, 15) is 14.7 Å². The smallest absolute Gasteiger partial charge is 0.256 e. The second kappa shape index (κ2) is 10.2. The number of aliphatic hydroxyl groups excluding tert-OH is 1. The van der Waals surface area contributed by atoms with E-state index >= 15 is 0 Å². The van der Waals surface area contributed by atoms with Crippen LogP contribution in [0.4, 0.5) is 0 Å². The van der Waals surface area contributed by atoms with Gasteiger partial charge in [-0.1, -0.05) is 23.2 Å². The number of nitrogens with zero attached hydrogens (tertiary/aromatic N) is 1. The number of methoxy groups -OCH3 is 2. The van der Waals surface area contributed by atoms with E-state index in [0.29, 0.717) is 41.5 Å². The summed E-state index contributed by atoms with van der Waals surface area (Å²) in [7, 11) is 3.03. The van der Waals surface area contributed by atoms with Gasteiger partial charge < -0.3 is 24.8 Å². The lowest BCUT2D eigenvalue weighted by atomic mass is 10.1. The second-order valence-corrected chi connectivity index (χ2v) is 7.99. The Balaban J connectivity index is 1.69. The van der Waals surface area contributed by atoms with Gasteiger partial charge in [0, 0.05) is 23.7 Å². The lowest BCUT2D eigenvalue weighted by molar-refractivity contribution is -0.125. The summed E-state index contributed by atoms with van der Waals surface area (Å²) in [6.45, 7) is 0.394. The lowest BCUT2D eigenvalue weighted by Crippen LogP contribution is -2.46. The van der Waals surface area contributed by atoms with E-state index in [2.05, 4.69) is 5.32 Å². The number of halogens is 2. The molecule has 0 aliphatic carbocycles. The molecule has 0 aromatic heterocycles. The molecule has 0 spiro atoms. The predicted molar refractivity (Wildman–Crippen MR) is 118 cm³/mol. The van der Waals surface area contributed by atoms with Crippen LogP contribution in [0.25, 0.3) is 0 Å². The average Bonchev–Trinajstić information content (AvgIpc) is 3.28. The fourth-order valence-corrected chi connectivity index (χ4v) is 3.99. The van der Waals surface area contributed by atoms with Gasteiger partial charge in [0.05, 0.1) is 30.9 Å². The molecule has 1 aliphatic heterocycles. The van der Waals surface area contributed by atoms with Crippen molar-refractivity contribution in [1.29, 1.82) is 0 Å². The molecular weight excluding hydrogens is 443 g/mol. The largest absolute Gasteiger partial charge is 0.497 e. The van der Waals surface area contributed by atoms with Crippen molar-refractivity contribution in [3.05, 3.63) is 57.6 Å². The summed E-state index contributed by atoms with van der Waals surface area (Å²) in [5, 5.41) is 14.0. The third kappa shape index (κ3) is 5.23. The monoisotopic (exact) mass is 466 g/mol. The van der Waals surface area contributed by atoms with Crippen LogP contribution in [-0.2, 0) is 4.79 Å². The zero-order valence-corrected chi connectivity index (χ0v) is 18.7. The Morgan fingerprint density at radius 1 is 1.19 bits per heavy atom. The summed E-state index contributed by atoms with van der Waals surface area (Å²) in [5.41, 5.74) is 0.752. The number of rotatable bonds is 7. The van der Waals surface area contributed by atoms with Gasteiger partial charge in [0.1, 0.15) is 17.5 Å². The molecule has 1 saturated heterocycles. The van der Waals surface area contributed by atoms with E-state index in [-0.39, 0.29) is 28.9 Å². The van der Waals surface area contributed by atoms with Gasteiger partial charge in [-0.15, -0.1) is 0 Å². The fraction of sp³-hybridized carbons (Fsp3) is 0.364. The minimum Gasteiger partial charge on any atom is -0.497 e. The van der Waals surface area contributed by atoms with Crippen molar-refractivity contribution in [1.82, 2.24) is 10.2 Å². The van der Waals surface area contributed by atoms with Gasteiger partial charge in [-0.3, -0.25) is 9.59 Å². The Morgan fingerprint density at radius 3 is 2.68 bits per heavy atom. The second-order valence-electron chi connectivity index (χ2n) is 7.15. The summed E-state index contributed by atoms with van der Waals surface area (Å²) in [4.78, 5) is 27.3. The van der Waals surface area contributed by atoms with Crippen molar-refractivity contribution in [2.24, 2.45) is 0 Å². The van der Waals surface area contributed by atoms with Crippen LogP contribution in [0.15, 0.2) is 36.4 Å². The normalized spacial score (nSPS) is 16.7. The number of carbonyl (C=O) groups is 2. The molecule has 2 N–H and O–H groups in total. The molecule has 7 nitrogen and oxygen atoms in total. The topological polar surface area (TPSA) is 88.1 Å². The molecule has 2 aromatic carbocycles. The zero-order chi connectivity index (χ0) is 22.5. The van der Waals surface area contributed by atoms with Crippen molar-refractivity contribution >= 4 is 35.0 Å². The molecule has 1 fully saturated rings. The van der Waals surface area contributed by atoms with Gasteiger partial charge in [0.2, 0.25) is 5.91 Å². The first-order valence-corrected chi connectivity index (χ1v) is 10.5. The SMILES string of the molecule is COc1ccc(OC)c(C(O)CNC(=O)C2CCCN2C(=O)c2cc(Cl)ccc2Cl)c1. The Labute approximate surface area is 190 Å². The number of nitrogens with one attached hydrogen (secondary N) is 1. The molecule has 3 rings (SSSR count). The van der Waals surface area contributed by atoms with Crippen LogP contribution in [0, 0.1) is 0 Å². The quantitative estimate of drug-likeness (QED) is 0.651. The van der Waals surface area contributed by atoms with Crippen molar-refractivity contribution < 1.29 is 24.2 Å². The molecule has 2 aromatic rings. The maximum Gasteiger partial charge on any atom is 0.256 e. The zero-order valence-electron chi connectivity index (χ0n) is 17.2. The third-order valence-corrected chi connectivity index (χ3v) is 5.81. The lowest BCUT2D eigenvalue weighted by Gasteiger charge is -2.25. The van der Waals surface area contributed by atoms with Crippen molar-refractivity contribution in [3.63, 3.8) is 0 Å². The first-order valence-electron chi connectivity index (χ1n) is 9.79. The maximum absolute atomic E-state index is 13.0. The van der Waals surface area contributed by atoms with Crippen LogP contribution in [0.2, 0.25) is 10.0 Å². The summed E-state index contributed by atoms with van der Waals surface area (Å²) in [5.74, 6) is 0.355. The number of hydrogen-bond acceptors (Lipinski definition) is 5. The van der Waals surface area contributed by atoms with E-state index in [1.165, 1.54) is 25.2 Å². The van der Waals surface area contributed by atoms with E-state index in [1.54, 1.807) is 30.3 Å². The number of ether oxygens (including phenoxy) is 2. The van der Waals surface area contributed by atoms with Crippen molar-refractivity contribution in [2.45, 2.75) is 25.0 Å². The Morgan fingerprint density at radius 2 is 1.97 bits per heavy atom. The van der Waals surface area contributed by atoms with Gasteiger partial charge >= 0.3 is 0 Å². The highest BCUT2D eigenvalue weighted by atomic mass is 35.5. The van der Waals surface area contributed by atoms with E-state index < -0.39 is 12.1 Å². The fourth-order valence-electron chi connectivity index (χ4n) is 3.62. The maximum atomic E-state index is 13.0. The molecule has 0 radical (unpaired) electrons. The van der Waals surface area contributed by atoms with Crippen molar-refractivity contribution in [3.8, 4) is 11.5 Å².